The number of methoxy groups -OCH3 is 1. The Morgan fingerprint density at radius 1 is 1.20 bits per heavy atom. The van der Waals surface area contributed by atoms with Crippen LogP contribution in [0.1, 0.15) is 57.2 Å². The fourth-order valence-corrected chi connectivity index (χ4v) is 7.27. The molecule has 1 aromatic carbocycles. The summed E-state index contributed by atoms with van der Waals surface area (Å²) in [5, 5.41) is 21.5. The molecule has 2 saturated heterocycles. The summed E-state index contributed by atoms with van der Waals surface area (Å²) < 4.78 is 19.2. The van der Waals surface area contributed by atoms with Gasteiger partial charge in [-0.3, -0.25) is 0 Å². The van der Waals surface area contributed by atoms with Crippen LogP contribution in [0.2, 0.25) is 0 Å². The van der Waals surface area contributed by atoms with Crippen LogP contribution in [0.5, 0.6) is 5.75 Å². The number of rotatable bonds is 2. The molecule has 2 bridgehead atoms. The molecule has 5 rings (SSSR count). The van der Waals surface area contributed by atoms with Gasteiger partial charge < -0.3 is 24.4 Å². The lowest BCUT2D eigenvalue weighted by Crippen LogP contribution is -2.65. The van der Waals surface area contributed by atoms with Crippen molar-refractivity contribution in [3.8, 4) is 5.75 Å². The molecule has 1 spiro atoms. The minimum absolute atomic E-state index is 0.00510. The van der Waals surface area contributed by atoms with Crippen LogP contribution in [0.3, 0.4) is 0 Å². The van der Waals surface area contributed by atoms with E-state index < -0.39 is 29.0 Å². The lowest BCUT2D eigenvalue weighted by Gasteiger charge is -2.59. The van der Waals surface area contributed by atoms with E-state index in [2.05, 4.69) is 39.0 Å². The standard InChI is InChI=1S/C25H34O5/c1-14-16-9-11-23(5)17-10-12-24(23,18(16)7-8-20(14)28-6)30-25(15(17)2)21(27)19(13-26)22(3,4)29-25/h7-9,11,15,17,19,21,26-27H,10,12-13H2,1-6H3/t15-,17+,19-,21+,23?,24-,25-/m0/s1. The van der Waals surface area contributed by atoms with E-state index in [4.69, 9.17) is 14.2 Å². The second-order valence-corrected chi connectivity index (χ2v) is 10.5. The van der Waals surface area contributed by atoms with E-state index in [9.17, 15) is 10.2 Å². The topological polar surface area (TPSA) is 68.2 Å². The van der Waals surface area contributed by atoms with Gasteiger partial charge in [0.1, 0.15) is 17.5 Å². The maximum Gasteiger partial charge on any atom is 0.199 e. The molecule has 1 aromatic rings. The molecule has 2 aliphatic carbocycles. The molecule has 5 heteroatoms. The average molecular weight is 415 g/mol. The van der Waals surface area contributed by atoms with Gasteiger partial charge in [-0.25, -0.2) is 0 Å². The molecule has 2 heterocycles. The predicted octanol–water partition coefficient (Wildman–Crippen LogP) is 3.78. The van der Waals surface area contributed by atoms with Crippen molar-refractivity contribution in [2.75, 3.05) is 13.7 Å². The minimum atomic E-state index is -1.13. The van der Waals surface area contributed by atoms with Gasteiger partial charge in [0.2, 0.25) is 0 Å². The number of ether oxygens (including phenoxy) is 3. The molecule has 4 aliphatic rings. The Morgan fingerprint density at radius 2 is 1.93 bits per heavy atom. The summed E-state index contributed by atoms with van der Waals surface area (Å²) >= 11 is 0. The summed E-state index contributed by atoms with van der Waals surface area (Å²) in [6.45, 7) is 10.3. The van der Waals surface area contributed by atoms with E-state index in [1.807, 2.05) is 19.9 Å². The first-order valence-electron chi connectivity index (χ1n) is 11.1. The van der Waals surface area contributed by atoms with Crippen LogP contribution >= 0.6 is 0 Å². The van der Waals surface area contributed by atoms with Crippen LogP contribution in [-0.2, 0) is 15.1 Å². The van der Waals surface area contributed by atoms with Crippen LogP contribution in [0.15, 0.2) is 18.2 Å². The monoisotopic (exact) mass is 414 g/mol. The molecule has 30 heavy (non-hydrogen) atoms. The van der Waals surface area contributed by atoms with Crippen molar-refractivity contribution < 1.29 is 24.4 Å². The van der Waals surface area contributed by atoms with Gasteiger partial charge in [0.15, 0.2) is 5.79 Å². The zero-order chi connectivity index (χ0) is 21.7. The average Bonchev–Trinajstić information content (AvgIpc) is 3.03. The third-order valence-corrected chi connectivity index (χ3v) is 9.04. The second kappa shape index (κ2) is 6.10. The van der Waals surface area contributed by atoms with Gasteiger partial charge in [-0.2, -0.15) is 0 Å². The van der Waals surface area contributed by atoms with E-state index in [0.29, 0.717) is 5.92 Å². The Balaban J connectivity index is 1.71. The Hall–Kier alpha value is -1.40. The summed E-state index contributed by atoms with van der Waals surface area (Å²) in [7, 11) is 1.70. The number of hydrogen-bond donors (Lipinski definition) is 2. The highest BCUT2D eigenvalue weighted by Crippen LogP contribution is 2.71. The molecule has 0 aromatic heterocycles. The second-order valence-electron chi connectivity index (χ2n) is 10.5. The lowest BCUT2D eigenvalue weighted by molar-refractivity contribution is -0.382. The van der Waals surface area contributed by atoms with E-state index in [1.165, 1.54) is 0 Å². The number of fused-ring (bicyclic) bond motifs is 1. The predicted molar refractivity (Wildman–Crippen MR) is 114 cm³/mol. The zero-order valence-electron chi connectivity index (χ0n) is 18.9. The maximum atomic E-state index is 11.4. The molecule has 3 fully saturated rings. The van der Waals surface area contributed by atoms with Crippen LogP contribution in [-0.4, -0.2) is 41.4 Å². The van der Waals surface area contributed by atoms with Gasteiger partial charge in [-0.05, 0) is 62.3 Å². The molecular formula is C25H34O5. The van der Waals surface area contributed by atoms with Crippen molar-refractivity contribution in [1.82, 2.24) is 0 Å². The van der Waals surface area contributed by atoms with E-state index >= 15 is 0 Å². The van der Waals surface area contributed by atoms with Crippen molar-refractivity contribution in [1.29, 1.82) is 0 Å². The molecule has 1 unspecified atom stereocenters. The first-order valence-corrected chi connectivity index (χ1v) is 11.1. The zero-order valence-corrected chi connectivity index (χ0v) is 18.9. The SMILES string of the molecule is COc1ccc2c(c1C)C=CC1(C)[C@@H]3CC[C@]21O[C@@]1(OC(C)(C)[C@@H](CO)[C@H]1O)[C@H]3C. The van der Waals surface area contributed by atoms with Crippen molar-refractivity contribution in [2.45, 2.75) is 70.6 Å². The lowest BCUT2D eigenvalue weighted by atomic mass is 9.57. The summed E-state index contributed by atoms with van der Waals surface area (Å²) in [5.74, 6) is -0.356. The quantitative estimate of drug-likeness (QED) is 0.771. The van der Waals surface area contributed by atoms with Gasteiger partial charge in [0.25, 0.3) is 0 Å². The number of aliphatic hydroxyl groups excluding tert-OH is 2. The Labute approximate surface area is 179 Å². The largest absolute Gasteiger partial charge is 0.496 e. The first-order chi connectivity index (χ1) is 14.1. The van der Waals surface area contributed by atoms with E-state index in [1.54, 1.807) is 7.11 Å². The minimum Gasteiger partial charge on any atom is -0.496 e. The molecule has 7 atom stereocenters. The fourth-order valence-electron chi connectivity index (χ4n) is 7.27. The number of benzene rings is 1. The molecule has 5 nitrogen and oxygen atoms in total. The first kappa shape index (κ1) is 20.5. The summed E-state index contributed by atoms with van der Waals surface area (Å²) in [6.07, 6.45) is 5.55. The molecule has 2 aliphatic heterocycles. The fraction of sp³-hybridized carbons (Fsp3) is 0.680. The van der Waals surface area contributed by atoms with Gasteiger partial charge in [-0.15, -0.1) is 0 Å². The molecular weight excluding hydrogens is 380 g/mol. The molecule has 0 radical (unpaired) electrons. The van der Waals surface area contributed by atoms with Gasteiger partial charge >= 0.3 is 0 Å². The third-order valence-electron chi connectivity index (χ3n) is 9.04. The van der Waals surface area contributed by atoms with Gasteiger partial charge in [0, 0.05) is 17.3 Å². The normalized spacial score (nSPS) is 45.5. The smallest absolute Gasteiger partial charge is 0.199 e. The van der Waals surface area contributed by atoms with Crippen LogP contribution in [0.4, 0.5) is 0 Å². The molecule has 1 saturated carbocycles. The van der Waals surface area contributed by atoms with Crippen LogP contribution in [0.25, 0.3) is 6.08 Å². The van der Waals surface area contributed by atoms with Gasteiger partial charge in [0.05, 0.1) is 19.3 Å². The third kappa shape index (κ3) is 2.12. The van der Waals surface area contributed by atoms with Crippen molar-refractivity contribution in [3.63, 3.8) is 0 Å². The Bertz CT molecular complexity index is 922. The van der Waals surface area contributed by atoms with Crippen molar-refractivity contribution in [3.05, 3.63) is 34.9 Å². The summed E-state index contributed by atoms with van der Waals surface area (Å²) in [6, 6.07) is 4.15. The number of hydrogen-bond acceptors (Lipinski definition) is 5. The summed E-state index contributed by atoms with van der Waals surface area (Å²) in [5.41, 5.74) is 1.96. The molecule has 164 valence electrons. The van der Waals surface area contributed by atoms with Crippen molar-refractivity contribution in [2.24, 2.45) is 23.2 Å². The summed E-state index contributed by atoms with van der Waals surface area (Å²) in [4.78, 5) is 0. The number of aliphatic hydroxyl groups is 2. The maximum absolute atomic E-state index is 11.4. The van der Waals surface area contributed by atoms with Crippen LogP contribution in [0, 0.1) is 30.1 Å². The highest BCUT2D eigenvalue weighted by molar-refractivity contribution is 5.67. The Kier molecular flexibility index (Phi) is 4.17. The van der Waals surface area contributed by atoms with Crippen molar-refractivity contribution >= 4 is 6.08 Å². The van der Waals surface area contributed by atoms with E-state index in [0.717, 1.165) is 35.3 Å². The Morgan fingerprint density at radius 3 is 2.57 bits per heavy atom. The molecule has 0 amide bonds. The highest BCUT2D eigenvalue weighted by atomic mass is 16.7. The van der Waals surface area contributed by atoms with E-state index in [-0.39, 0.29) is 17.9 Å². The van der Waals surface area contributed by atoms with Crippen LogP contribution < -0.4 is 4.74 Å². The highest BCUT2D eigenvalue weighted by Gasteiger charge is 2.75. The molecule has 2 N–H and O–H groups in total. The van der Waals surface area contributed by atoms with Gasteiger partial charge in [-0.1, -0.05) is 32.1 Å².